The third kappa shape index (κ3) is 3.07. The first-order valence-electron chi connectivity index (χ1n) is 7.03. The number of hydrogen-bond donors (Lipinski definition) is 0. The van der Waals surface area contributed by atoms with Crippen LogP contribution in [-0.4, -0.2) is 45.9 Å². The minimum atomic E-state index is -0.174. The molecule has 0 aromatic carbocycles. The molecule has 2 heterocycles. The summed E-state index contributed by atoms with van der Waals surface area (Å²) in [6, 6.07) is 2.93. The maximum atomic E-state index is 12.5. The number of rotatable bonds is 3. The quantitative estimate of drug-likeness (QED) is 0.824. The summed E-state index contributed by atoms with van der Waals surface area (Å²) in [5, 5.41) is 4.17. The van der Waals surface area contributed by atoms with Gasteiger partial charge in [-0.1, -0.05) is 6.92 Å². The number of morpholine rings is 1. The fraction of sp³-hybridized carbons (Fsp3) is 0.643. The van der Waals surface area contributed by atoms with Crippen LogP contribution in [-0.2, 0) is 11.3 Å². The van der Waals surface area contributed by atoms with E-state index in [1.165, 1.54) is 16.8 Å². The zero-order valence-electron chi connectivity index (χ0n) is 12.2. The van der Waals surface area contributed by atoms with Crippen molar-refractivity contribution in [3.63, 3.8) is 0 Å². The van der Waals surface area contributed by atoms with Gasteiger partial charge in [0.15, 0.2) is 0 Å². The SMILES string of the molecule is CCCn1nc(C(=O)N2C[C@@H](C)OC[C@H]2C)ccc1=O. The Kier molecular flexibility index (Phi) is 4.54. The first kappa shape index (κ1) is 14.7. The number of hydrogen-bond acceptors (Lipinski definition) is 4. The monoisotopic (exact) mass is 279 g/mol. The molecule has 0 saturated carbocycles. The summed E-state index contributed by atoms with van der Waals surface area (Å²) in [5.74, 6) is -0.141. The van der Waals surface area contributed by atoms with E-state index < -0.39 is 0 Å². The van der Waals surface area contributed by atoms with E-state index in [2.05, 4.69) is 5.10 Å². The van der Waals surface area contributed by atoms with Gasteiger partial charge in [-0.3, -0.25) is 9.59 Å². The molecular formula is C14H21N3O3. The van der Waals surface area contributed by atoms with Crippen molar-refractivity contribution in [2.24, 2.45) is 0 Å². The van der Waals surface area contributed by atoms with E-state index in [1.807, 2.05) is 20.8 Å². The molecule has 0 aliphatic carbocycles. The highest BCUT2D eigenvalue weighted by atomic mass is 16.5. The first-order valence-corrected chi connectivity index (χ1v) is 7.03. The number of carbonyl (C=O) groups excluding carboxylic acids is 1. The van der Waals surface area contributed by atoms with Crippen LogP contribution < -0.4 is 5.56 Å². The van der Waals surface area contributed by atoms with Gasteiger partial charge in [-0.05, 0) is 26.3 Å². The fourth-order valence-corrected chi connectivity index (χ4v) is 2.27. The molecule has 20 heavy (non-hydrogen) atoms. The molecule has 1 saturated heterocycles. The van der Waals surface area contributed by atoms with Crippen LogP contribution in [0.25, 0.3) is 0 Å². The summed E-state index contributed by atoms with van der Waals surface area (Å²) < 4.78 is 6.87. The minimum absolute atomic E-state index is 0.0204. The van der Waals surface area contributed by atoms with Crippen LogP contribution in [0.15, 0.2) is 16.9 Å². The second-order valence-corrected chi connectivity index (χ2v) is 5.23. The Morgan fingerprint density at radius 2 is 2.20 bits per heavy atom. The average Bonchev–Trinajstić information content (AvgIpc) is 2.43. The number of ether oxygens (including phenoxy) is 1. The van der Waals surface area contributed by atoms with E-state index in [9.17, 15) is 9.59 Å². The lowest BCUT2D eigenvalue weighted by Crippen LogP contribution is -2.50. The highest BCUT2D eigenvalue weighted by Crippen LogP contribution is 2.14. The second-order valence-electron chi connectivity index (χ2n) is 5.23. The Balaban J connectivity index is 2.24. The van der Waals surface area contributed by atoms with Gasteiger partial charge in [0.2, 0.25) is 0 Å². The Hall–Kier alpha value is -1.69. The third-order valence-electron chi connectivity index (χ3n) is 3.39. The molecule has 0 bridgehead atoms. The maximum absolute atomic E-state index is 12.5. The molecule has 6 nitrogen and oxygen atoms in total. The summed E-state index contributed by atoms with van der Waals surface area (Å²) in [6.07, 6.45) is 0.826. The predicted octanol–water partition coefficient (Wildman–Crippen LogP) is 0.903. The number of carbonyl (C=O) groups is 1. The minimum Gasteiger partial charge on any atom is -0.375 e. The fourth-order valence-electron chi connectivity index (χ4n) is 2.27. The molecule has 1 fully saturated rings. The van der Waals surface area contributed by atoms with Gasteiger partial charge in [-0.25, -0.2) is 4.68 Å². The van der Waals surface area contributed by atoms with Crippen LogP contribution >= 0.6 is 0 Å². The van der Waals surface area contributed by atoms with E-state index in [-0.39, 0.29) is 23.6 Å². The molecule has 1 aliphatic rings. The van der Waals surface area contributed by atoms with Crippen LogP contribution in [0.1, 0.15) is 37.7 Å². The number of nitrogens with zero attached hydrogens (tertiary/aromatic N) is 3. The van der Waals surface area contributed by atoms with Crippen molar-refractivity contribution in [1.29, 1.82) is 0 Å². The molecule has 110 valence electrons. The summed E-state index contributed by atoms with van der Waals surface area (Å²) in [5.41, 5.74) is 0.144. The average molecular weight is 279 g/mol. The van der Waals surface area contributed by atoms with Crippen molar-refractivity contribution in [2.75, 3.05) is 13.2 Å². The molecular weight excluding hydrogens is 258 g/mol. The Morgan fingerprint density at radius 3 is 2.90 bits per heavy atom. The van der Waals surface area contributed by atoms with Crippen molar-refractivity contribution in [3.8, 4) is 0 Å². The van der Waals surface area contributed by atoms with Crippen LogP contribution in [0.5, 0.6) is 0 Å². The lowest BCUT2D eigenvalue weighted by Gasteiger charge is -2.36. The van der Waals surface area contributed by atoms with Gasteiger partial charge in [-0.15, -0.1) is 0 Å². The van der Waals surface area contributed by atoms with Crippen molar-refractivity contribution in [2.45, 2.75) is 45.9 Å². The maximum Gasteiger partial charge on any atom is 0.274 e. The molecule has 0 N–H and O–H groups in total. The van der Waals surface area contributed by atoms with Crippen LogP contribution in [0.3, 0.4) is 0 Å². The zero-order chi connectivity index (χ0) is 14.7. The van der Waals surface area contributed by atoms with Crippen LogP contribution in [0.4, 0.5) is 0 Å². The number of aryl methyl sites for hydroxylation is 1. The molecule has 1 amide bonds. The van der Waals surface area contributed by atoms with Gasteiger partial charge >= 0.3 is 0 Å². The van der Waals surface area contributed by atoms with Gasteiger partial charge in [-0.2, -0.15) is 5.10 Å². The first-order chi connectivity index (χ1) is 9.52. The smallest absolute Gasteiger partial charge is 0.274 e. The highest BCUT2D eigenvalue weighted by Gasteiger charge is 2.29. The molecule has 0 unspecified atom stereocenters. The Labute approximate surface area is 118 Å². The zero-order valence-corrected chi connectivity index (χ0v) is 12.2. The van der Waals surface area contributed by atoms with Crippen molar-refractivity contribution < 1.29 is 9.53 Å². The predicted molar refractivity (Wildman–Crippen MR) is 74.7 cm³/mol. The Morgan fingerprint density at radius 1 is 1.45 bits per heavy atom. The Bertz CT molecular complexity index is 541. The van der Waals surface area contributed by atoms with E-state index in [0.29, 0.717) is 25.4 Å². The summed E-state index contributed by atoms with van der Waals surface area (Å²) in [7, 11) is 0. The molecule has 0 radical (unpaired) electrons. The summed E-state index contributed by atoms with van der Waals surface area (Å²) in [4.78, 5) is 25.9. The van der Waals surface area contributed by atoms with Gasteiger partial charge in [0.05, 0.1) is 18.8 Å². The lowest BCUT2D eigenvalue weighted by molar-refractivity contribution is -0.0389. The van der Waals surface area contributed by atoms with Crippen LogP contribution in [0, 0.1) is 0 Å². The van der Waals surface area contributed by atoms with E-state index in [1.54, 1.807) is 4.90 Å². The van der Waals surface area contributed by atoms with Crippen LogP contribution in [0.2, 0.25) is 0 Å². The third-order valence-corrected chi connectivity index (χ3v) is 3.39. The van der Waals surface area contributed by atoms with E-state index in [4.69, 9.17) is 4.74 Å². The standard InChI is InChI=1S/C14H21N3O3/c1-4-7-17-13(18)6-5-12(15-17)14(19)16-8-11(3)20-9-10(16)2/h5-6,10-11H,4,7-9H2,1-3H3/t10-,11-/m1/s1. The summed E-state index contributed by atoms with van der Waals surface area (Å²) in [6.45, 7) is 7.46. The molecule has 2 rings (SSSR count). The van der Waals surface area contributed by atoms with Crippen molar-refractivity contribution in [3.05, 3.63) is 28.2 Å². The number of aromatic nitrogens is 2. The summed E-state index contributed by atoms with van der Waals surface area (Å²) >= 11 is 0. The lowest BCUT2D eigenvalue weighted by atomic mass is 10.2. The van der Waals surface area contributed by atoms with Gasteiger partial charge < -0.3 is 9.64 Å². The molecule has 1 aromatic heterocycles. The molecule has 2 atom stereocenters. The second kappa shape index (κ2) is 6.17. The van der Waals surface area contributed by atoms with Gasteiger partial charge in [0, 0.05) is 19.2 Å². The van der Waals surface area contributed by atoms with Gasteiger partial charge in [0.1, 0.15) is 5.69 Å². The molecule has 1 aliphatic heterocycles. The normalized spacial score (nSPS) is 22.9. The van der Waals surface area contributed by atoms with Crippen molar-refractivity contribution >= 4 is 5.91 Å². The van der Waals surface area contributed by atoms with Crippen molar-refractivity contribution in [1.82, 2.24) is 14.7 Å². The molecule has 6 heteroatoms. The highest BCUT2D eigenvalue weighted by molar-refractivity contribution is 5.92. The van der Waals surface area contributed by atoms with E-state index >= 15 is 0 Å². The van der Waals surface area contributed by atoms with Gasteiger partial charge in [0.25, 0.3) is 11.5 Å². The largest absolute Gasteiger partial charge is 0.375 e. The van der Waals surface area contributed by atoms with E-state index in [0.717, 1.165) is 6.42 Å². The number of amides is 1. The topological polar surface area (TPSA) is 64.4 Å². The molecule has 1 aromatic rings. The molecule has 0 spiro atoms.